The molecule has 112 valence electrons. The summed E-state index contributed by atoms with van der Waals surface area (Å²) in [5.41, 5.74) is 1.08. The second-order valence-corrected chi connectivity index (χ2v) is 6.03. The van der Waals surface area contributed by atoms with Crippen LogP contribution in [0.1, 0.15) is 12.0 Å². The SMILES string of the molecule is Cc1ccc(SC(=O)C2CC(C(=O)O)N(C(=O)O)C2)cc1. The first-order valence-corrected chi connectivity index (χ1v) is 7.21. The topological polar surface area (TPSA) is 94.9 Å². The summed E-state index contributed by atoms with van der Waals surface area (Å²) in [5.74, 6) is -1.80. The molecule has 2 N–H and O–H groups in total. The van der Waals surface area contributed by atoms with Gasteiger partial charge in [0.15, 0.2) is 5.12 Å². The molecule has 21 heavy (non-hydrogen) atoms. The van der Waals surface area contributed by atoms with Gasteiger partial charge in [-0.05, 0) is 25.5 Å². The van der Waals surface area contributed by atoms with E-state index in [0.29, 0.717) is 0 Å². The predicted molar refractivity (Wildman–Crippen MR) is 76.3 cm³/mol. The summed E-state index contributed by atoms with van der Waals surface area (Å²) in [5, 5.41) is 17.8. The van der Waals surface area contributed by atoms with Crippen molar-refractivity contribution in [1.29, 1.82) is 0 Å². The average molecular weight is 309 g/mol. The van der Waals surface area contributed by atoms with Crippen LogP contribution in [-0.4, -0.2) is 44.9 Å². The van der Waals surface area contributed by atoms with Crippen LogP contribution >= 0.6 is 11.8 Å². The highest BCUT2D eigenvalue weighted by Crippen LogP contribution is 2.31. The number of carbonyl (C=O) groups is 3. The number of likely N-dealkylation sites (tertiary alicyclic amines) is 1. The fraction of sp³-hybridized carbons (Fsp3) is 0.357. The average Bonchev–Trinajstić information content (AvgIpc) is 2.87. The lowest BCUT2D eigenvalue weighted by molar-refractivity contribution is -0.141. The Labute approximate surface area is 125 Å². The van der Waals surface area contributed by atoms with Crippen LogP contribution in [0.5, 0.6) is 0 Å². The maximum Gasteiger partial charge on any atom is 0.408 e. The number of aliphatic carboxylic acids is 1. The molecule has 1 aliphatic heterocycles. The summed E-state index contributed by atoms with van der Waals surface area (Å²) >= 11 is 1.03. The zero-order valence-corrected chi connectivity index (χ0v) is 12.2. The number of carboxylic acid groups (broad SMARTS) is 2. The van der Waals surface area contributed by atoms with Crippen LogP contribution < -0.4 is 0 Å². The van der Waals surface area contributed by atoms with E-state index in [4.69, 9.17) is 10.2 Å². The van der Waals surface area contributed by atoms with Gasteiger partial charge < -0.3 is 10.2 Å². The molecular formula is C14H15NO5S. The predicted octanol–water partition coefficient (Wildman–Crippen LogP) is 2.07. The maximum absolute atomic E-state index is 12.2. The number of carbonyl (C=O) groups excluding carboxylic acids is 1. The highest BCUT2D eigenvalue weighted by molar-refractivity contribution is 8.13. The lowest BCUT2D eigenvalue weighted by Gasteiger charge is -2.16. The second-order valence-electron chi connectivity index (χ2n) is 4.96. The molecule has 0 bridgehead atoms. The number of amides is 1. The Kier molecular flexibility index (Phi) is 4.52. The Morgan fingerprint density at radius 3 is 2.29 bits per heavy atom. The van der Waals surface area contributed by atoms with Gasteiger partial charge in [0.2, 0.25) is 0 Å². The maximum atomic E-state index is 12.2. The van der Waals surface area contributed by atoms with Crippen LogP contribution in [0.3, 0.4) is 0 Å². The Bertz CT molecular complexity index is 549. The first kappa shape index (κ1) is 15.4. The zero-order chi connectivity index (χ0) is 15.6. The molecule has 7 heteroatoms. The summed E-state index contributed by atoms with van der Waals surface area (Å²) < 4.78 is 0. The van der Waals surface area contributed by atoms with E-state index in [1.165, 1.54) is 0 Å². The lowest BCUT2D eigenvalue weighted by Crippen LogP contribution is -2.39. The molecule has 0 saturated carbocycles. The molecule has 0 radical (unpaired) electrons. The smallest absolute Gasteiger partial charge is 0.408 e. The van der Waals surface area contributed by atoms with Crippen LogP contribution in [0.25, 0.3) is 0 Å². The Balaban J connectivity index is 2.05. The van der Waals surface area contributed by atoms with Crippen molar-refractivity contribution < 1.29 is 24.6 Å². The van der Waals surface area contributed by atoms with Gasteiger partial charge in [0.25, 0.3) is 0 Å². The molecule has 6 nitrogen and oxygen atoms in total. The Morgan fingerprint density at radius 2 is 1.81 bits per heavy atom. The number of rotatable bonds is 3. The van der Waals surface area contributed by atoms with E-state index in [1.807, 2.05) is 31.2 Å². The van der Waals surface area contributed by atoms with Gasteiger partial charge in [-0.15, -0.1) is 0 Å². The minimum absolute atomic E-state index is 0.0271. The minimum Gasteiger partial charge on any atom is -0.480 e. The minimum atomic E-state index is -1.31. The van der Waals surface area contributed by atoms with E-state index in [9.17, 15) is 14.4 Å². The third-order valence-corrected chi connectivity index (χ3v) is 4.45. The van der Waals surface area contributed by atoms with Crippen LogP contribution in [0.4, 0.5) is 4.79 Å². The lowest BCUT2D eigenvalue weighted by atomic mass is 10.1. The van der Waals surface area contributed by atoms with E-state index in [1.54, 1.807) is 0 Å². The van der Waals surface area contributed by atoms with Crippen molar-refractivity contribution in [2.24, 2.45) is 5.92 Å². The molecule has 1 aromatic rings. The van der Waals surface area contributed by atoms with E-state index in [-0.39, 0.29) is 18.1 Å². The molecule has 1 heterocycles. The van der Waals surface area contributed by atoms with Gasteiger partial charge in [-0.2, -0.15) is 0 Å². The summed E-state index contributed by atoms with van der Waals surface area (Å²) in [6, 6.07) is 6.25. The standard InChI is InChI=1S/C14H15NO5S/c1-8-2-4-10(5-3-8)21-13(18)9-6-11(12(16)17)15(7-9)14(19)20/h2-5,9,11H,6-7H2,1H3,(H,16,17)(H,19,20). The Morgan fingerprint density at radius 1 is 1.19 bits per heavy atom. The molecule has 2 rings (SSSR count). The fourth-order valence-electron chi connectivity index (χ4n) is 2.26. The van der Waals surface area contributed by atoms with Gasteiger partial charge in [0.05, 0.1) is 0 Å². The van der Waals surface area contributed by atoms with Crippen LogP contribution in [0, 0.1) is 12.8 Å². The number of hydrogen-bond donors (Lipinski definition) is 2. The van der Waals surface area contributed by atoms with Crippen LogP contribution in [0.2, 0.25) is 0 Å². The second kappa shape index (κ2) is 6.17. The van der Waals surface area contributed by atoms with E-state index in [2.05, 4.69) is 0 Å². The third kappa shape index (κ3) is 3.55. The molecule has 0 aliphatic carbocycles. The molecule has 1 aromatic carbocycles. The van der Waals surface area contributed by atoms with Gasteiger partial charge in [-0.3, -0.25) is 9.69 Å². The molecule has 2 atom stereocenters. The highest BCUT2D eigenvalue weighted by atomic mass is 32.2. The molecular weight excluding hydrogens is 294 g/mol. The molecule has 2 unspecified atom stereocenters. The van der Waals surface area contributed by atoms with Gasteiger partial charge >= 0.3 is 12.1 Å². The van der Waals surface area contributed by atoms with E-state index in [0.717, 1.165) is 27.1 Å². The van der Waals surface area contributed by atoms with Gasteiger partial charge in [-0.1, -0.05) is 29.5 Å². The van der Waals surface area contributed by atoms with Crippen molar-refractivity contribution in [3.63, 3.8) is 0 Å². The van der Waals surface area contributed by atoms with Gasteiger partial charge in [0.1, 0.15) is 6.04 Å². The number of carboxylic acids is 1. The first-order chi connectivity index (χ1) is 9.88. The molecule has 1 amide bonds. The number of thioether (sulfide) groups is 1. The summed E-state index contributed by atoms with van der Waals surface area (Å²) in [6.07, 6.45) is -1.28. The summed E-state index contributed by atoms with van der Waals surface area (Å²) in [6.45, 7) is 1.87. The largest absolute Gasteiger partial charge is 0.480 e. The monoisotopic (exact) mass is 309 g/mol. The van der Waals surface area contributed by atoms with Crippen molar-refractivity contribution in [1.82, 2.24) is 4.90 Å². The van der Waals surface area contributed by atoms with E-state index < -0.39 is 24.0 Å². The van der Waals surface area contributed by atoms with Crippen molar-refractivity contribution in [2.45, 2.75) is 24.3 Å². The fourth-order valence-corrected chi connectivity index (χ4v) is 3.10. The van der Waals surface area contributed by atoms with Crippen molar-refractivity contribution >= 4 is 28.9 Å². The molecule has 1 fully saturated rings. The number of hydrogen-bond acceptors (Lipinski definition) is 4. The third-order valence-electron chi connectivity index (χ3n) is 3.40. The molecule has 0 spiro atoms. The van der Waals surface area contributed by atoms with Gasteiger partial charge in [0, 0.05) is 17.4 Å². The first-order valence-electron chi connectivity index (χ1n) is 6.39. The highest BCUT2D eigenvalue weighted by Gasteiger charge is 2.42. The Hall–Kier alpha value is -2.02. The van der Waals surface area contributed by atoms with Crippen molar-refractivity contribution in [3.05, 3.63) is 29.8 Å². The van der Waals surface area contributed by atoms with Crippen molar-refractivity contribution in [2.75, 3.05) is 6.54 Å². The zero-order valence-electron chi connectivity index (χ0n) is 11.4. The summed E-state index contributed by atoms with van der Waals surface area (Å²) in [4.78, 5) is 35.9. The van der Waals surface area contributed by atoms with Crippen molar-refractivity contribution in [3.8, 4) is 0 Å². The number of benzene rings is 1. The quantitative estimate of drug-likeness (QED) is 0.830. The van der Waals surface area contributed by atoms with Crippen LogP contribution in [-0.2, 0) is 9.59 Å². The van der Waals surface area contributed by atoms with Crippen LogP contribution in [0.15, 0.2) is 29.2 Å². The molecule has 0 aromatic heterocycles. The number of aryl methyl sites for hydroxylation is 1. The van der Waals surface area contributed by atoms with Gasteiger partial charge in [-0.25, -0.2) is 9.59 Å². The normalized spacial score (nSPS) is 21.3. The molecule has 1 saturated heterocycles. The molecule has 1 aliphatic rings. The number of nitrogens with zero attached hydrogens (tertiary/aromatic N) is 1. The summed E-state index contributed by atoms with van der Waals surface area (Å²) in [7, 11) is 0. The van der Waals surface area contributed by atoms with E-state index >= 15 is 0 Å².